The molecule has 0 saturated heterocycles. The Morgan fingerprint density at radius 2 is 2.15 bits per heavy atom. The van der Waals surface area contributed by atoms with Crippen LogP contribution in [-0.4, -0.2) is 22.9 Å². The molecule has 108 valence electrons. The minimum absolute atomic E-state index is 0.00518. The Hall–Kier alpha value is -1.52. The molecule has 0 aliphatic carbocycles. The van der Waals surface area contributed by atoms with E-state index in [1.54, 1.807) is 7.11 Å². The second-order valence-electron chi connectivity index (χ2n) is 4.99. The summed E-state index contributed by atoms with van der Waals surface area (Å²) in [7, 11) is 3.56. The quantitative estimate of drug-likeness (QED) is 0.921. The monoisotopic (exact) mass is 293 g/mol. The summed E-state index contributed by atoms with van der Waals surface area (Å²) in [5.41, 5.74) is 9.23. The second kappa shape index (κ2) is 6.29. The summed E-state index contributed by atoms with van der Waals surface area (Å²) in [6.07, 6.45) is 1.48. The topological polar surface area (TPSA) is 53.1 Å². The fourth-order valence-corrected chi connectivity index (χ4v) is 2.56. The summed E-state index contributed by atoms with van der Waals surface area (Å²) in [5.74, 6) is 0.851. The zero-order valence-electron chi connectivity index (χ0n) is 12.1. The smallest absolute Gasteiger partial charge is 0.119 e. The molecular weight excluding hydrogens is 274 g/mol. The number of aryl methyl sites for hydroxylation is 2. The normalized spacial score (nSPS) is 12.4. The maximum absolute atomic E-state index is 6.25. The van der Waals surface area contributed by atoms with Crippen LogP contribution in [0.3, 0.4) is 0 Å². The predicted octanol–water partition coefficient (Wildman–Crippen LogP) is 2.50. The number of ether oxygens (including phenoxy) is 1. The van der Waals surface area contributed by atoms with Crippen molar-refractivity contribution in [2.75, 3.05) is 7.11 Å². The third-order valence-electron chi connectivity index (χ3n) is 3.35. The van der Waals surface area contributed by atoms with Gasteiger partial charge in [0, 0.05) is 19.5 Å². The van der Waals surface area contributed by atoms with Crippen LogP contribution < -0.4 is 10.5 Å². The predicted molar refractivity (Wildman–Crippen MR) is 81.3 cm³/mol. The van der Waals surface area contributed by atoms with Gasteiger partial charge in [-0.25, -0.2) is 0 Å². The van der Waals surface area contributed by atoms with E-state index in [0.717, 1.165) is 29.1 Å². The summed E-state index contributed by atoms with van der Waals surface area (Å²) in [6, 6.07) is 7.96. The lowest BCUT2D eigenvalue weighted by molar-refractivity contribution is 0.414. The molecule has 1 unspecified atom stereocenters. The fraction of sp³-hybridized carbons (Fsp3) is 0.400. The van der Waals surface area contributed by atoms with Crippen molar-refractivity contribution in [3.05, 3.63) is 46.2 Å². The number of hydrogen-bond donors (Lipinski definition) is 1. The Kier molecular flexibility index (Phi) is 4.68. The Morgan fingerprint density at radius 3 is 2.75 bits per heavy atom. The van der Waals surface area contributed by atoms with Crippen molar-refractivity contribution in [1.82, 2.24) is 9.78 Å². The number of nitrogens with two attached hydrogens (primary N) is 1. The van der Waals surface area contributed by atoms with Gasteiger partial charge in [0.2, 0.25) is 0 Å². The van der Waals surface area contributed by atoms with E-state index >= 15 is 0 Å². The van der Waals surface area contributed by atoms with Crippen LogP contribution in [0, 0.1) is 6.92 Å². The molecule has 0 amide bonds. The molecular formula is C15H20ClN3O. The summed E-state index contributed by atoms with van der Waals surface area (Å²) in [4.78, 5) is 0. The van der Waals surface area contributed by atoms with Gasteiger partial charge in [0.05, 0.1) is 23.5 Å². The van der Waals surface area contributed by atoms with Crippen LogP contribution in [0.25, 0.3) is 0 Å². The molecule has 1 aromatic carbocycles. The van der Waals surface area contributed by atoms with Crippen molar-refractivity contribution in [3.63, 3.8) is 0 Å². The van der Waals surface area contributed by atoms with Crippen LogP contribution in [0.5, 0.6) is 5.75 Å². The largest absolute Gasteiger partial charge is 0.497 e. The van der Waals surface area contributed by atoms with Gasteiger partial charge in [-0.1, -0.05) is 23.7 Å². The van der Waals surface area contributed by atoms with Crippen LogP contribution in [0.1, 0.15) is 17.0 Å². The number of methoxy groups -OCH3 is 1. The van der Waals surface area contributed by atoms with Gasteiger partial charge in [0.1, 0.15) is 5.75 Å². The fourth-order valence-electron chi connectivity index (χ4n) is 2.32. The molecule has 1 heterocycles. The van der Waals surface area contributed by atoms with E-state index in [4.69, 9.17) is 22.1 Å². The van der Waals surface area contributed by atoms with Crippen molar-refractivity contribution in [1.29, 1.82) is 0 Å². The molecule has 0 bridgehead atoms. The van der Waals surface area contributed by atoms with Gasteiger partial charge in [-0.15, -0.1) is 0 Å². The van der Waals surface area contributed by atoms with E-state index in [2.05, 4.69) is 11.2 Å². The summed E-state index contributed by atoms with van der Waals surface area (Å²) in [5, 5.41) is 5.02. The highest BCUT2D eigenvalue weighted by molar-refractivity contribution is 6.31. The van der Waals surface area contributed by atoms with E-state index in [0.29, 0.717) is 11.4 Å². The van der Waals surface area contributed by atoms with Gasteiger partial charge in [0.15, 0.2) is 0 Å². The first-order chi connectivity index (χ1) is 9.51. The van der Waals surface area contributed by atoms with Crippen LogP contribution in [-0.2, 0) is 19.9 Å². The first-order valence-electron chi connectivity index (χ1n) is 6.57. The lowest BCUT2D eigenvalue weighted by atomic mass is 10.0. The van der Waals surface area contributed by atoms with Crippen molar-refractivity contribution in [2.45, 2.75) is 25.8 Å². The van der Waals surface area contributed by atoms with Gasteiger partial charge in [-0.2, -0.15) is 5.10 Å². The zero-order chi connectivity index (χ0) is 14.7. The van der Waals surface area contributed by atoms with E-state index in [1.807, 2.05) is 36.9 Å². The Balaban J connectivity index is 2.06. The highest BCUT2D eigenvalue weighted by Gasteiger charge is 2.15. The average molecular weight is 294 g/mol. The molecule has 0 saturated carbocycles. The molecule has 1 aromatic heterocycles. The first kappa shape index (κ1) is 14.9. The van der Waals surface area contributed by atoms with Gasteiger partial charge >= 0.3 is 0 Å². The van der Waals surface area contributed by atoms with E-state index in [1.165, 1.54) is 0 Å². The lowest BCUT2D eigenvalue weighted by Crippen LogP contribution is -2.26. The standard InChI is InChI=1S/C15H20ClN3O/c1-10-15(16)14(19(2)18-10)9-12(17)7-11-5-4-6-13(8-11)20-3/h4-6,8,12H,7,9,17H2,1-3H3. The molecule has 0 fully saturated rings. The number of hydrogen-bond acceptors (Lipinski definition) is 3. The summed E-state index contributed by atoms with van der Waals surface area (Å²) in [6.45, 7) is 1.90. The SMILES string of the molecule is COc1cccc(CC(N)Cc2c(Cl)c(C)nn2C)c1. The summed E-state index contributed by atoms with van der Waals surface area (Å²) < 4.78 is 7.03. The maximum atomic E-state index is 6.25. The molecule has 2 rings (SSSR count). The number of halogens is 1. The molecule has 20 heavy (non-hydrogen) atoms. The zero-order valence-corrected chi connectivity index (χ0v) is 12.8. The second-order valence-corrected chi connectivity index (χ2v) is 5.37. The summed E-state index contributed by atoms with van der Waals surface area (Å²) >= 11 is 6.25. The third-order valence-corrected chi connectivity index (χ3v) is 3.84. The van der Waals surface area contributed by atoms with Gasteiger partial charge in [0.25, 0.3) is 0 Å². The highest BCUT2D eigenvalue weighted by Crippen LogP contribution is 2.21. The minimum atomic E-state index is -0.00518. The first-order valence-corrected chi connectivity index (χ1v) is 6.95. The Bertz CT molecular complexity index is 595. The Morgan fingerprint density at radius 1 is 1.40 bits per heavy atom. The van der Waals surface area contributed by atoms with Crippen molar-refractivity contribution < 1.29 is 4.74 Å². The number of aromatic nitrogens is 2. The molecule has 2 N–H and O–H groups in total. The van der Waals surface area contributed by atoms with Crippen LogP contribution in [0.4, 0.5) is 0 Å². The van der Waals surface area contributed by atoms with Crippen molar-refractivity contribution in [2.24, 2.45) is 12.8 Å². The minimum Gasteiger partial charge on any atom is -0.497 e. The van der Waals surface area contributed by atoms with Crippen LogP contribution in [0.2, 0.25) is 5.02 Å². The van der Waals surface area contributed by atoms with Gasteiger partial charge in [-0.3, -0.25) is 4.68 Å². The molecule has 0 aliphatic rings. The lowest BCUT2D eigenvalue weighted by Gasteiger charge is -2.13. The molecule has 0 radical (unpaired) electrons. The number of benzene rings is 1. The van der Waals surface area contributed by atoms with E-state index in [9.17, 15) is 0 Å². The van der Waals surface area contributed by atoms with Crippen LogP contribution in [0.15, 0.2) is 24.3 Å². The molecule has 0 spiro atoms. The molecule has 0 aliphatic heterocycles. The van der Waals surface area contributed by atoms with Crippen molar-refractivity contribution >= 4 is 11.6 Å². The number of rotatable bonds is 5. The third kappa shape index (κ3) is 3.32. The Labute approximate surface area is 124 Å². The molecule has 5 heteroatoms. The van der Waals surface area contributed by atoms with Gasteiger partial charge < -0.3 is 10.5 Å². The highest BCUT2D eigenvalue weighted by atomic mass is 35.5. The molecule has 4 nitrogen and oxygen atoms in total. The molecule has 1 atom stereocenters. The van der Waals surface area contributed by atoms with E-state index < -0.39 is 0 Å². The number of nitrogens with zero attached hydrogens (tertiary/aromatic N) is 2. The maximum Gasteiger partial charge on any atom is 0.119 e. The van der Waals surface area contributed by atoms with Gasteiger partial charge in [-0.05, 0) is 31.0 Å². The van der Waals surface area contributed by atoms with Crippen LogP contribution >= 0.6 is 11.6 Å². The molecule has 2 aromatic rings. The van der Waals surface area contributed by atoms with E-state index in [-0.39, 0.29) is 6.04 Å². The average Bonchev–Trinajstić information content (AvgIpc) is 2.65. The van der Waals surface area contributed by atoms with Crippen molar-refractivity contribution in [3.8, 4) is 5.75 Å².